The molecule has 96 valence electrons. The van der Waals surface area contributed by atoms with Crippen LogP contribution in [-0.2, 0) is 0 Å². The standard InChI is InChI=1S/C13H12BrF2NS/c1-7-5-8(11(16)6-10(7)15)12(17-2)13-9(14)3-4-18-13/h3-6,12,17H,1-2H3. The van der Waals surface area contributed by atoms with Crippen LogP contribution in [0.4, 0.5) is 8.78 Å². The van der Waals surface area contributed by atoms with Gasteiger partial charge >= 0.3 is 0 Å². The fourth-order valence-electron chi connectivity index (χ4n) is 1.84. The minimum Gasteiger partial charge on any atom is -0.309 e. The van der Waals surface area contributed by atoms with E-state index in [1.54, 1.807) is 20.0 Å². The monoisotopic (exact) mass is 331 g/mol. The van der Waals surface area contributed by atoms with Gasteiger partial charge in [-0.05, 0) is 53.0 Å². The third-order valence-corrected chi connectivity index (χ3v) is 4.72. The number of halogens is 3. The SMILES string of the molecule is CNC(c1cc(C)c(F)cc1F)c1sccc1Br. The van der Waals surface area contributed by atoms with Crippen molar-refractivity contribution >= 4 is 27.3 Å². The summed E-state index contributed by atoms with van der Waals surface area (Å²) in [6.45, 7) is 1.63. The Balaban J connectivity index is 2.52. The summed E-state index contributed by atoms with van der Waals surface area (Å²) in [4.78, 5) is 0.974. The maximum atomic E-state index is 13.9. The fourth-order valence-corrected chi connectivity index (χ4v) is 3.57. The van der Waals surface area contributed by atoms with E-state index in [4.69, 9.17) is 0 Å². The lowest BCUT2D eigenvalue weighted by Gasteiger charge is -2.17. The Morgan fingerprint density at radius 3 is 2.56 bits per heavy atom. The molecule has 1 aromatic heterocycles. The van der Waals surface area contributed by atoms with Crippen LogP contribution in [0.1, 0.15) is 22.0 Å². The van der Waals surface area contributed by atoms with Gasteiger partial charge in [0.2, 0.25) is 0 Å². The van der Waals surface area contributed by atoms with E-state index in [1.807, 2.05) is 11.4 Å². The lowest BCUT2D eigenvalue weighted by atomic mass is 10.0. The first-order valence-corrected chi connectivity index (χ1v) is 7.07. The Kier molecular flexibility index (Phi) is 4.14. The summed E-state index contributed by atoms with van der Waals surface area (Å²) in [5, 5.41) is 5.00. The van der Waals surface area contributed by atoms with Crippen molar-refractivity contribution in [3.63, 3.8) is 0 Å². The van der Waals surface area contributed by atoms with Crippen LogP contribution in [-0.4, -0.2) is 7.05 Å². The Morgan fingerprint density at radius 2 is 2.00 bits per heavy atom. The van der Waals surface area contributed by atoms with Crippen LogP contribution in [0.5, 0.6) is 0 Å². The number of aryl methyl sites for hydroxylation is 1. The van der Waals surface area contributed by atoms with Crippen molar-refractivity contribution in [2.24, 2.45) is 0 Å². The number of thiophene rings is 1. The van der Waals surface area contributed by atoms with Crippen molar-refractivity contribution in [1.82, 2.24) is 5.32 Å². The summed E-state index contributed by atoms with van der Waals surface area (Å²) >= 11 is 4.96. The first kappa shape index (κ1) is 13.6. The Hall–Kier alpha value is -0.780. The molecule has 0 saturated heterocycles. The van der Waals surface area contributed by atoms with E-state index in [-0.39, 0.29) is 6.04 Å². The van der Waals surface area contributed by atoms with E-state index in [2.05, 4.69) is 21.2 Å². The summed E-state index contributed by atoms with van der Waals surface area (Å²) in [6, 6.07) is 4.13. The van der Waals surface area contributed by atoms with E-state index in [1.165, 1.54) is 11.3 Å². The first-order valence-electron chi connectivity index (χ1n) is 5.40. The van der Waals surface area contributed by atoms with E-state index in [0.29, 0.717) is 11.1 Å². The van der Waals surface area contributed by atoms with Gasteiger partial charge in [-0.3, -0.25) is 0 Å². The topological polar surface area (TPSA) is 12.0 Å². The van der Waals surface area contributed by atoms with Gasteiger partial charge in [0.1, 0.15) is 11.6 Å². The van der Waals surface area contributed by atoms with Gasteiger partial charge in [-0.2, -0.15) is 0 Å². The van der Waals surface area contributed by atoms with E-state index >= 15 is 0 Å². The van der Waals surface area contributed by atoms with E-state index in [0.717, 1.165) is 15.4 Å². The van der Waals surface area contributed by atoms with Crippen molar-refractivity contribution < 1.29 is 8.78 Å². The van der Waals surface area contributed by atoms with Gasteiger partial charge in [0.15, 0.2) is 0 Å². The molecule has 0 fully saturated rings. The number of hydrogen-bond donors (Lipinski definition) is 1. The molecule has 1 heterocycles. The summed E-state index contributed by atoms with van der Waals surface area (Å²) in [6.07, 6.45) is 0. The first-order chi connectivity index (χ1) is 8.54. The Bertz CT molecular complexity index is 568. The summed E-state index contributed by atoms with van der Waals surface area (Å²) < 4.78 is 28.1. The van der Waals surface area contributed by atoms with Crippen LogP contribution in [0.2, 0.25) is 0 Å². The van der Waals surface area contributed by atoms with Crippen molar-refractivity contribution in [1.29, 1.82) is 0 Å². The second-order valence-electron chi connectivity index (χ2n) is 3.98. The molecule has 2 rings (SSSR count). The molecule has 2 aromatic rings. The van der Waals surface area contributed by atoms with Gasteiger partial charge in [0.25, 0.3) is 0 Å². The minimum atomic E-state index is -0.530. The second-order valence-corrected chi connectivity index (χ2v) is 5.78. The molecule has 18 heavy (non-hydrogen) atoms. The van der Waals surface area contributed by atoms with Crippen LogP contribution in [0.3, 0.4) is 0 Å². The van der Waals surface area contributed by atoms with Crippen LogP contribution >= 0.6 is 27.3 Å². The molecule has 0 aliphatic carbocycles. The average molecular weight is 332 g/mol. The largest absolute Gasteiger partial charge is 0.309 e. The third kappa shape index (κ3) is 2.48. The molecular weight excluding hydrogens is 320 g/mol. The normalized spacial score (nSPS) is 12.7. The number of nitrogens with one attached hydrogen (secondary N) is 1. The summed E-state index contributed by atoms with van der Waals surface area (Å²) in [7, 11) is 1.76. The van der Waals surface area contributed by atoms with Crippen LogP contribution in [0, 0.1) is 18.6 Å². The second kappa shape index (κ2) is 5.47. The van der Waals surface area contributed by atoms with Crippen molar-refractivity contribution in [3.05, 3.63) is 55.7 Å². The van der Waals surface area contributed by atoms with E-state index < -0.39 is 11.6 Å². The molecule has 1 atom stereocenters. The molecule has 0 saturated carbocycles. The Morgan fingerprint density at radius 1 is 1.28 bits per heavy atom. The predicted octanol–water partition coefficient (Wildman–Crippen LogP) is 4.41. The molecule has 1 N–H and O–H groups in total. The molecule has 1 aromatic carbocycles. The van der Waals surface area contributed by atoms with Gasteiger partial charge in [-0.25, -0.2) is 8.78 Å². The highest BCUT2D eigenvalue weighted by Crippen LogP contribution is 2.34. The van der Waals surface area contributed by atoms with Gasteiger partial charge in [-0.15, -0.1) is 11.3 Å². The third-order valence-electron chi connectivity index (χ3n) is 2.78. The molecule has 1 nitrogen and oxygen atoms in total. The molecule has 0 amide bonds. The maximum Gasteiger partial charge on any atom is 0.131 e. The lowest BCUT2D eigenvalue weighted by molar-refractivity contribution is 0.549. The van der Waals surface area contributed by atoms with Crippen LogP contribution < -0.4 is 5.32 Å². The molecule has 1 unspecified atom stereocenters. The summed E-state index contributed by atoms with van der Waals surface area (Å²) in [5.74, 6) is -1.05. The highest BCUT2D eigenvalue weighted by molar-refractivity contribution is 9.10. The van der Waals surface area contributed by atoms with Gasteiger partial charge < -0.3 is 5.32 Å². The molecule has 0 radical (unpaired) electrons. The van der Waals surface area contributed by atoms with Gasteiger partial charge in [0.05, 0.1) is 6.04 Å². The quantitative estimate of drug-likeness (QED) is 0.878. The molecular formula is C13H12BrF2NS. The van der Waals surface area contributed by atoms with Gasteiger partial charge in [0, 0.05) is 21.0 Å². The minimum absolute atomic E-state index is 0.279. The van der Waals surface area contributed by atoms with Crippen molar-refractivity contribution in [2.45, 2.75) is 13.0 Å². The van der Waals surface area contributed by atoms with Crippen molar-refractivity contribution in [2.75, 3.05) is 7.05 Å². The zero-order valence-corrected chi connectivity index (χ0v) is 12.3. The predicted molar refractivity (Wildman–Crippen MR) is 74.0 cm³/mol. The maximum absolute atomic E-state index is 13.9. The number of benzene rings is 1. The van der Waals surface area contributed by atoms with Crippen molar-refractivity contribution in [3.8, 4) is 0 Å². The average Bonchev–Trinajstić information content (AvgIpc) is 2.73. The number of hydrogen-bond acceptors (Lipinski definition) is 2. The Labute approximate surface area is 117 Å². The molecule has 0 aliphatic rings. The van der Waals surface area contributed by atoms with Crippen LogP contribution in [0.15, 0.2) is 28.1 Å². The molecule has 0 spiro atoms. The smallest absolute Gasteiger partial charge is 0.131 e. The highest BCUT2D eigenvalue weighted by Gasteiger charge is 2.21. The zero-order chi connectivity index (χ0) is 13.3. The lowest BCUT2D eigenvalue weighted by Crippen LogP contribution is -2.18. The van der Waals surface area contributed by atoms with E-state index in [9.17, 15) is 8.78 Å². The fraction of sp³-hybridized carbons (Fsp3) is 0.231. The molecule has 5 heteroatoms. The van der Waals surface area contributed by atoms with Crippen LogP contribution in [0.25, 0.3) is 0 Å². The zero-order valence-electron chi connectivity index (χ0n) is 9.93. The van der Waals surface area contributed by atoms with Gasteiger partial charge in [-0.1, -0.05) is 0 Å². The number of rotatable bonds is 3. The summed E-state index contributed by atoms with van der Waals surface area (Å²) in [5.41, 5.74) is 0.902. The highest BCUT2D eigenvalue weighted by atomic mass is 79.9. The molecule has 0 bridgehead atoms. The molecule has 0 aliphatic heterocycles.